The van der Waals surface area contributed by atoms with Crippen molar-refractivity contribution in [3.05, 3.63) is 59.7 Å². The number of anilines is 1. The Hall–Kier alpha value is -1.98. The van der Waals surface area contributed by atoms with Gasteiger partial charge < -0.3 is 10.2 Å². The highest BCUT2D eigenvalue weighted by molar-refractivity contribution is 7.97. The van der Waals surface area contributed by atoms with Gasteiger partial charge in [-0.25, -0.2) is 4.79 Å². The van der Waals surface area contributed by atoms with Crippen LogP contribution in [0.15, 0.2) is 53.4 Å². The van der Waals surface area contributed by atoms with Crippen molar-refractivity contribution in [3.63, 3.8) is 0 Å². The van der Waals surface area contributed by atoms with Gasteiger partial charge >= 0.3 is 6.03 Å². The number of carbonyl (C=O) groups is 1. The molecule has 2 aromatic carbocycles. The van der Waals surface area contributed by atoms with E-state index in [1.165, 1.54) is 4.90 Å². The highest BCUT2D eigenvalue weighted by atomic mass is 32.2. The first-order valence-corrected chi connectivity index (χ1v) is 8.20. The van der Waals surface area contributed by atoms with Crippen LogP contribution in [0.3, 0.4) is 0 Å². The number of urea groups is 1. The molecule has 0 saturated heterocycles. The summed E-state index contributed by atoms with van der Waals surface area (Å²) in [6, 6.07) is 16.2. The van der Waals surface area contributed by atoms with Gasteiger partial charge in [0.1, 0.15) is 0 Å². The van der Waals surface area contributed by atoms with Crippen molar-refractivity contribution < 1.29 is 4.79 Å². The summed E-state index contributed by atoms with van der Waals surface area (Å²) in [6.07, 6.45) is 0. The number of para-hydroxylation sites is 1. The van der Waals surface area contributed by atoms with Crippen molar-refractivity contribution in [3.8, 4) is 0 Å². The van der Waals surface area contributed by atoms with Crippen LogP contribution in [-0.2, 0) is 13.1 Å². The van der Waals surface area contributed by atoms with Crippen molar-refractivity contribution in [1.29, 1.82) is 0 Å². The highest BCUT2D eigenvalue weighted by Gasteiger charge is 2.21. The number of hydrogen-bond donors (Lipinski definition) is 2. The van der Waals surface area contributed by atoms with Crippen LogP contribution < -0.4 is 10.0 Å². The summed E-state index contributed by atoms with van der Waals surface area (Å²) >= 11 is 1.62. The Morgan fingerprint density at radius 3 is 2.73 bits per heavy atom. The summed E-state index contributed by atoms with van der Waals surface area (Å²) in [4.78, 5) is 15.2. The SMILES string of the molecule is CCNSc1ccc(CN2Cc3ccccc3NC2=O)cc1. The van der Waals surface area contributed by atoms with E-state index in [1.807, 2.05) is 23.1 Å². The summed E-state index contributed by atoms with van der Waals surface area (Å²) < 4.78 is 3.23. The van der Waals surface area contributed by atoms with Crippen molar-refractivity contribution >= 4 is 23.7 Å². The molecule has 0 saturated carbocycles. The van der Waals surface area contributed by atoms with Gasteiger partial charge in [-0.05, 0) is 41.3 Å². The number of nitrogens with zero attached hydrogens (tertiary/aromatic N) is 1. The first-order valence-electron chi connectivity index (χ1n) is 7.38. The Kier molecular flexibility index (Phi) is 4.65. The first kappa shape index (κ1) is 14.9. The molecule has 2 N–H and O–H groups in total. The van der Waals surface area contributed by atoms with Crippen LogP contribution in [0.25, 0.3) is 0 Å². The molecule has 0 aliphatic carbocycles. The van der Waals surface area contributed by atoms with Crippen LogP contribution in [0.2, 0.25) is 0 Å². The van der Waals surface area contributed by atoms with Crippen molar-refractivity contribution in [2.75, 3.05) is 11.9 Å². The topological polar surface area (TPSA) is 44.4 Å². The van der Waals surface area contributed by atoms with Gasteiger partial charge in [0.05, 0.1) is 0 Å². The third-order valence-corrected chi connectivity index (χ3v) is 4.48. The van der Waals surface area contributed by atoms with Gasteiger partial charge in [0.2, 0.25) is 0 Å². The molecular weight excluding hydrogens is 294 g/mol. The van der Waals surface area contributed by atoms with Crippen molar-refractivity contribution in [2.24, 2.45) is 0 Å². The van der Waals surface area contributed by atoms with Gasteiger partial charge in [0.25, 0.3) is 0 Å². The molecule has 0 radical (unpaired) electrons. The third kappa shape index (κ3) is 3.43. The second-order valence-electron chi connectivity index (χ2n) is 5.19. The fourth-order valence-electron chi connectivity index (χ4n) is 2.42. The molecule has 3 rings (SSSR count). The van der Waals surface area contributed by atoms with Gasteiger partial charge in [0.15, 0.2) is 0 Å². The van der Waals surface area contributed by atoms with Gasteiger partial charge in [-0.15, -0.1) is 0 Å². The molecule has 4 nitrogen and oxygen atoms in total. The molecule has 0 unspecified atom stereocenters. The highest BCUT2D eigenvalue weighted by Crippen LogP contribution is 2.24. The van der Waals surface area contributed by atoms with Crippen LogP contribution in [-0.4, -0.2) is 17.5 Å². The van der Waals surface area contributed by atoms with E-state index in [0.29, 0.717) is 13.1 Å². The fourth-order valence-corrected chi connectivity index (χ4v) is 3.00. The van der Waals surface area contributed by atoms with E-state index >= 15 is 0 Å². The molecule has 2 aromatic rings. The Labute approximate surface area is 135 Å². The maximum atomic E-state index is 12.2. The molecule has 0 fully saturated rings. The molecule has 1 heterocycles. The van der Waals surface area contributed by atoms with Gasteiger partial charge in [-0.2, -0.15) is 0 Å². The van der Waals surface area contributed by atoms with E-state index in [-0.39, 0.29) is 6.03 Å². The lowest BCUT2D eigenvalue weighted by Crippen LogP contribution is -2.38. The molecular formula is C17H19N3OS. The lowest BCUT2D eigenvalue weighted by Gasteiger charge is -2.29. The molecule has 0 aromatic heterocycles. The molecule has 1 aliphatic heterocycles. The van der Waals surface area contributed by atoms with Crippen LogP contribution in [0, 0.1) is 0 Å². The van der Waals surface area contributed by atoms with Gasteiger partial charge in [-0.1, -0.05) is 37.3 Å². The Morgan fingerprint density at radius 2 is 1.95 bits per heavy atom. The molecule has 0 atom stereocenters. The van der Waals surface area contributed by atoms with E-state index < -0.39 is 0 Å². The monoisotopic (exact) mass is 313 g/mol. The average molecular weight is 313 g/mol. The smallest absolute Gasteiger partial charge is 0.316 e. The lowest BCUT2D eigenvalue weighted by molar-refractivity contribution is 0.204. The molecule has 1 aliphatic rings. The predicted molar refractivity (Wildman–Crippen MR) is 90.7 cm³/mol. The zero-order chi connectivity index (χ0) is 15.4. The molecule has 0 bridgehead atoms. The lowest BCUT2D eigenvalue weighted by atomic mass is 10.1. The minimum absolute atomic E-state index is 0.0372. The fraction of sp³-hybridized carbons (Fsp3) is 0.235. The summed E-state index contributed by atoms with van der Waals surface area (Å²) in [5.74, 6) is 0. The Balaban J connectivity index is 1.67. The molecule has 5 heteroatoms. The van der Waals surface area contributed by atoms with Crippen molar-refractivity contribution in [1.82, 2.24) is 9.62 Å². The molecule has 0 spiro atoms. The van der Waals surface area contributed by atoms with Crippen LogP contribution in [0.5, 0.6) is 0 Å². The van der Waals surface area contributed by atoms with E-state index in [9.17, 15) is 4.79 Å². The second-order valence-corrected chi connectivity index (χ2v) is 6.15. The Bertz CT molecular complexity index is 657. The third-order valence-electron chi connectivity index (χ3n) is 3.54. The summed E-state index contributed by atoms with van der Waals surface area (Å²) in [7, 11) is 0. The van der Waals surface area contributed by atoms with Gasteiger partial charge in [-0.3, -0.25) is 4.72 Å². The molecule has 114 valence electrons. The minimum Gasteiger partial charge on any atom is -0.316 e. The second kappa shape index (κ2) is 6.85. The number of hydrogen-bond acceptors (Lipinski definition) is 3. The van der Waals surface area contributed by atoms with Crippen LogP contribution >= 0.6 is 11.9 Å². The van der Waals surface area contributed by atoms with E-state index in [0.717, 1.165) is 23.4 Å². The number of amides is 2. The summed E-state index contributed by atoms with van der Waals surface area (Å²) in [5.41, 5.74) is 3.21. The van der Waals surface area contributed by atoms with Crippen molar-refractivity contribution in [2.45, 2.75) is 24.9 Å². The summed E-state index contributed by atoms with van der Waals surface area (Å²) in [5, 5.41) is 2.94. The quantitative estimate of drug-likeness (QED) is 0.824. The first-order chi connectivity index (χ1) is 10.8. The predicted octanol–water partition coefficient (Wildman–Crippen LogP) is 3.85. The average Bonchev–Trinajstić information content (AvgIpc) is 2.55. The maximum Gasteiger partial charge on any atom is 0.322 e. The molecule has 22 heavy (non-hydrogen) atoms. The number of fused-ring (bicyclic) bond motifs is 1. The van der Waals surface area contributed by atoms with E-state index in [4.69, 9.17) is 0 Å². The van der Waals surface area contributed by atoms with Crippen LogP contribution in [0.1, 0.15) is 18.1 Å². The van der Waals surface area contributed by atoms with E-state index in [2.05, 4.69) is 47.3 Å². The molecule has 2 amide bonds. The maximum absolute atomic E-state index is 12.2. The Morgan fingerprint density at radius 1 is 1.18 bits per heavy atom. The number of rotatable bonds is 5. The number of nitrogens with one attached hydrogen (secondary N) is 2. The summed E-state index contributed by atoms with van der Waals surface area (Å²) in [6.45, 7) is 4.27. The largest absolute Gasteiger partial charge is 0.322 e. The normalized spacial score (nSPS) is 13.7. The standard InChI is InChI=1S/C17H19N3OS/c1-2-18-22-15-9-7-13(8-10-15)11-20-12-14-5-3-4-6-16(14)19-17(20)21/h3-10,18H,2,11-12H2,1H3,(H,19,21). The van der Waals surface area contributed by atoms with E-state index in [1.54, 1.807) is 11.9 Å². The minimum atomic E-state index is -0.0372. The zero-order valence-corrected chi connectivity index (χ0v) is 13.3. The number of benzene rings is 2. The zero-order valence-electron chi connectivity index (χ0n) is 12.5. The van der Waals surface area contributed by atoms with Crippen LogP contribution in [0.4, 0.5) is 10.5 Å². The number of carbonyl (C=O) groups excluding carboxylic acids is 1. The van der Waals surface area contributed by atoms with Gasteiger partial charge in [0, 0.05) is 30.2 Å².